The normalized spacial score (nSPS) is 28.3. The summed E-state index contributed by atoms with van der Waals surface area (Å²) in [7, 11) is 0. The zero-order valence-electron chi connectivity index (χ0n) is 11.6. The Hall–Kier alpha value is -1.78. The van der Waals surface area contributed by atoms with Gasteiger partial charge >= 0.3 is 0 Å². The van der Waals surface area contributed by atoms with E-state index in [9.17, 15) is 15.3 Å². The third-order valence-corrected chi connectivity index (χ3v) is 4.83. The maximum absolute atomic E-state index is 10.0. The van der Waals surface area contributed by atoms with Crippen LogP contribution >= 0.6 is 11.8 Å². The van der Waals surface area contributed by atoms with Gasteiger partial charge in [0, 0.05) is 11.1 Å². The molecule has 0 saturated carbocycles. The van der Waals surface area contributed by atoms with E-state index >= 15 is 0 Å². The molecule has 1 aliphatic rings. The van der Waals surface area contributed by atoms with Gasteiger partial charge in [0.05, 0.1) is 11.6 Å². The summed E-state index contributed by atoms with van der Waals surface area (Å²) >= 11 is 1.10. The van der Waals surface area contributed by atoms with Crippen molar-refractivity contribution in [2.45, 2.75) is 23.7 Å². The van der Waals surface area contributed by atoms with Gasteiger partial charge in [-0.15, -0.1) is 11.8 Å². The average molecular weight is 317 g/mol. The van der Waals surface area contributed by atoms with Gasteiger partial charge in [-0.05, 0) is 29.7 Å². The standard InChI is InChI=1S/C16H15NO4S/c17-7-9-4-5-11-10(6-9)2-1-3-13(11)21-15-12(18)8-22-16(20)14(15)19/h1-6,12,14-16,18-20H,8H2/t12-,14-,15+,16+/m1/s1. The van der Waals surface area contributed by atoms with E-state index in [0.29, 0.717) is 17.1 Å². The first-order valence-corrected chi connectivity index (χ1v) is 7.90. The maximum atomic E-state index is 10.0. The number of aliphatic hydroxyl groups excluding tert-OH is 3. The van der Waals surface area contributed by atoms with Gasteiger partial charge in [0.25, 0.3) is 0 Å². The largest absolute Gasteiger partial charge is 0.484 e. The van der Waals surface area contributed by atoms with E-state index in [4.69, 9.17) is 10.00 Å². The Balaban J connectivity index is 1.95. The Morgan fingerprint density at radius 1 is 1.18 bits per heavy atom. The van der Waals surface area contributed by atoms with Gasteiger partial charge in [0.15, 0.2) is 6.10 Å². The second-order valence-corrected chi connectivity index (χ2v) is 6.32. The molecule has 5 nitrogen and oxygen atoms in total. The van der Waals surface area contributed by atoms with Gasteiger partial charge in [0.2, 0.25) is 0 Å². The summed E-state index contributed by atoms with van der Waals surface area (Å²) in [5, 5.41) is 40.3. The second kappa shape index (κ2) is 6.15. The SMILES string of the molecule is N#Cc1ccc2c(O[C@@H]3[C@@H](O)[C@@H](O)SC[C@H]3O)cccc2c1. The molecular weight excluding hydrogens is 302 g/mol. The van der Waals surface area contributed by atoms with E-state index in [2.05, 4.69) is 6.07 Å². The highest BCUT2D eigenvalue weighted by Crippen LogP contribution is 2.32. The van der Waals surface area contributed by atoms with Crippen molar-refractivity contribution in [1.82, 2.24) is 0 Å². The molecule has 114 valence electrons. The lowest BCUT2D eigenvalue weighted by Gasteiger charge is -2.35. The molecule has 3 rings (SSSR count). The van der Waals surface area contributed by atoms with E-state index in [1.54, 1.807) is 30.3 Å². The van der Waals surface area contributed by atoms with Gasteiger partial charge in [-0.3, -0.25) is 0 Å². The number of thioether (sulfide) groups is 1. The highest BCUT2D eigenvalue weighted by Gasteiger charge is 2.39. The summed E-state index contributed by atoms with van der Waals surface area (Å²) in [5.74, 6) is 0.802. The Morgan fingerprint density at radius 2 is 2.00 bits per heavy atom. The third kappa shape index (κ3) is 2.76. The molecule has 0 aromatic heterocycles. The lowest BCUT2D eigenvalue weighted by atomic mass is 10.1. The zero-order valence-corrected chi connectivity index (χ0v) is 12.4. The summed E-state index contributed by atoms with van der Waals surface area (Å²) in [6.07, 6.45) is -2.92. The van der Waals surface area contributed by atoms with Crippen LogP contribution in [0.15, 0.2) is 36.4 Å². The predicted molar refractivity (Wildman–Crippen MR) is 83.6 cm³/mol. The number of aliphatic hydroxyl groups is 3. The predicted octanol–water partition coefficient (Wildman–Crippen LogP) is 1.25. The second-order valence-electron chi connectivity index (χ2n) is 5.17. The molecule has 6 heteroatoms. The molecule has 22 heavy (non-hydrogen) atoms. The first-order chi connectivity index (χ1) is 10.6. The zero-order chi connectivity index (χ0) is 15.7. The van der Waals surface area contributed by atoms with Crippen molar-refractivity contribution in [3.05, 3.63) is 42.0 Å². The van der Waals surface area contributed by atoms with Crippen LogP contribution in [0.2, 0.25) is 0 Å². The van der Waals surface area contributed by atoms with Crippen molar-refractivity contribution < 1.29 is 20.1 Å². The molecule has 0 bridgehead atoms. The van der Waals surface area contributed by atoms with Crippen molar-refractivity contribution >= 4 is 22.5 Å². The Morgan fingerprint density at radius 3 is 2.77 bits per heavy atom. The quantitative estimate of drug-likeness (QED) is 0.772. The van der Waals surface area contributed by atoms with Crippen LogP contribution in [-0.4, -0.2) is 44.8 Å². The fourth-order valence-corrected chi connectivity index (χ4v) is 3.44. The van der Waals surface area contributed by atoms with Crippen LogP contribution in [0, 0.1) is 11.3 Å². The molecule has 0 amide bonds. The number of fused-ring (bicyclic) bond motifs is 1. The Kier molecular flexibility index (Phi) is 4.23. The smallest absolute Gasteiger partial charge is 0.154 e. The van der Waals surface area contributed by atoms with Crippen LogP contribution in [-0.2, 0) is 0 Å². The van der Waals surface area contributed by atoms with Crippen molar-refractivity contribution in [3.8, 4) is 11.8 Å². The van der Waals surface area contributed by atoms with Gasteiger partial charge < -0.3 is 20.1 Å². The topological polar surface area (TPSA) is 93.7 Å². The summed E-state index contributed by atoms with van der Waals surface area (Å²) in [6, 6.07) is 12.7. The molecule has 3 N–H and O–H groups in total. The molecule has 1 aliphatic heterocycles. The molecule has 1 saturated heterocycles. The van der Waals surface area contributed by atoms with Crippen molar-refractivity contribution in [3.63, 3.8) is 0 Å². The minimum atomic E-state index is -1.16. The Labute approximate surface area is 131 Å². The van der Waals surface area contributed by atoms with Crippen molar-refractivity contribution in [2.24, 2.45) is 0 Å². The highest BCUT2D eigenvalue weighted by atomic mass is 32.2. The van der Waals surface area contributed by atoms with Crippen LogP contribution in [0.5, 0.6) is 5.75 Å². The molecule has 2 aromatic rings. The number of ether oxygens (including phenoxy) is 1. The van der Waals surface area contributed by atoms with Crippen LogP contribution in [0.1, 0.15) is 5.56 Å². The van der Waals surface area contributed by atoms with E-state index in [-0.39, 0.29) is 0 Å². The van der Waals surface area contributed by atoms with Crippen LogP contribution < -0.4 is 4.74 Å². The monoisotopic (exact) mass is 317 g/mol. The first-order valence-electron chi connectivity index (χ1n) is 6.85. The van der Waals surface area contributed by atoms with Gasteiger partial charge in [-0.2, -0.15) is 5.26 Å². The molecule has 2 aromatic carbocycles. The lowest BCUT2D eigenvalue weighted by molar-refractivity contribution is -0.0701. The molecular formula is C16H15NO4S. The number of rotatable bonds is 2. The summed E-state index contributed by atoms with van der Waals surface area (Å²) in [6.45, 7) is 0. The van der Waals surface area contributed by atoms with E-state index in [1.807, 2.05) is 6.07 Å². The summed E-state index contributed by atoms with van der Waals surface area (Å²) in [5.41, 5.74) is -0.428. The first kappa shape index (κ1) is 15.1. The molecule has 0 aliphatic carbocycles. The van der Waals surface area contributed by atoms with Gasteiger partial charge in [-0.1, -0.05) is 12.1 Å². The van der Waals surface area contributed by atoms with Crippen molar-refractivity contribution in [1.29, 1.82) is 5.26 Å². The van der Waals surface area contributed by atoms with Crippen LogP contribution in [0.4, 0.5) is 0 Å². The number of hydrogen-bond donors (Lipinski definition) is 3. The van der Waals surface area contributed by atoms with E-state index in [0.717, 1.165) is 22.5 Å². The fraction of sp³-hybridized carbons (Fsp3) is 0.312. The minimum absolute atomic E-state index is 0.298. The molecule has 0 radical (unpaired) electrons. The van der Waals surface area contributed by atoms with E-state index < -0.39 is 23.7 Å². The Bertz CT molecular complexity index is 730. The van der Waals surface area contributed by atoms with Crippen LogP contribution in [0.3, 0.4) is 0 Å². The van der Waals surface area contributed by atoms with Gasteiger partial charge in [-0.25, -0.2) is 0 Å². The average Bonchev–Trinajstić information content (AvgIpc) is 2.54. The lowest BCUT2D eigenvalue weighted by Crippen LogP contribution is -2.52. The third-order valence-electron chi connectivity index (χ3n) is 3.68. The van der Waals surface area contributed by atoms with Crippen LogP contribution in [0.25, 0.3) is 10.8 Å². The highest BCUT2D eigenvalue weighted by molar-refractivity contribution is 7.99. The molecule has 1 fully saturated rings. The number of benzene rings is 2. The molecule has 0 spiro atoms. The van der Waals surface area contributed by atoms with E-state index in [1.165, 1.54) is 0 Å². The molecule has 0 unspecified atom stereocenters. The van der Waals surface area contributed by atoms with Crippen molar-refractivity contribution in [2.75, 3.05) is 5.75 Å². The summed E-state index contributed by atoms with van der Waals surface area (Å²) in [4.78, 5) is 0. The molecule has 1 heterocycles. The maximum Gasteiger partial charge on any atom is 0.154 e. The summed E-state index contributed by atoms with van der Waals surface area (Å²) < 4.78 is 5.78. The number of nitrogens with zero attached hydrogens (tertiary/aromatic N) is 1. The number of nitriles is 1. The fourth-order valence-electron chi connectivity index (χ4n) is 2.50. The molecule has 4 atom stereocenters. The van der Waals surface area contributed by atoms with Gasteiger partial charge in [0.1, 0.15) is 23.4 Å². The number of hydrogen-bond acceptors (Lipinski definition) is 6. The minimum Gasteiger partial charge on any atom is -0.484 e.